The number of hydrogen-bond donors (Lipinski definition) is 1. The van der Waals surface area contributed by atoms with Crippen LogP contribution in [0, 0.1) is 0 Å². The van der Waals surface area contributed by atoms with Crippen LogP contribution in [-0.2, 0) is 19.6 Å². The first kappa shape index (κ1) is 15.7. The van der Waals surface area contributed by atoms with Crippen LogP contribution in [0.3, 0.4) is 0 Å². The summed E-state index contributed by atoms with van der Waals surface area (Å²) < 4.78 is 29.7. The summed E-state index contributed by atoms with van der Waals surface area (Å²) in [6.45, 7) is -0.675. The zero-order chi connectivity index (χ0) is 14.5. The van der Waals surface area contributed by atoms with Gasteiger partial charge in [-0.25, -0.2) is 8.42 Å². The van der Waals surface area contributed by atoms with E-state index in [9.17, 15) is 13.2 Å². The molecule has 1 N–H and O–H groups in total. The van der Waals surface area contributed by atoms with Crippen molar-refractivity contribution >= 4 is 33.3 Å². The Labute approximate surface area is 116 Å². The maximum absolute atomic E-state index is 12.1. The molecule has 8 heteroatoms. The topological polar surface area (TPSA) is 83.9 Å². The standard InChI is InChI=1S/C11H14ClNO5S/c1-18-5-6-19(16,17)13(8-11(14)15)10-4-2-3-9(12)7-10/h2-4,7H,5-6,8H2,1H3,(H,14,15). The van der Waals surface area contributed by atoms with E-state index in [0.29, 0.717) is 5.02 Å². The Morgan fingerprint density at radius 3 is 2.68 bits per heavy atom. The number of hydrogen-bond acceptors (Lipinski definition) is 4. The van der Waals surface area contributed by atoms with Crippen molar-refractivity contribution < 1.29 is 23.1 Å². The molecule has 106 valence electrons. The number of carbonyl (C=O) groups is 1. The van der Waals surface area contributed by atoms with Gasteiger partial charge < -0.3 is 9.84 Å². The number of ether oxygens (including phenoxy) is 1. The van der Waals surface area contributed by atoms with Gasteiger partial charge in [0.05, 0.1) is 18.0 Å². The molecule has 0 aliphatic rings. The van der Waals surface area contributed by atoms with Crippen molar-refractivity contribution in [1.29, 1.82) is 0 Å². The zero-order valence-corrected chi connectivity index (χ0v) is 11.8. The van der Waals surface area contributed by atoms with Gasteiger partial charge in [-0.2, -0.15) is 0 Å². The van der Waals surface area contributed by atoms with Gasteiger partial charge in [-0.05, 0) is 18.2 Å². The minimum atomic E-state index is -3.78. The minimum Gasteiger partial charge on any atom is -0.480 e. The average molecular weight is 308 g/mol. The molecule has 0 unspecified atom stereocenters. The molecular formula is C11H14ClNO5S. The number of carboxylic acids is 1. The second-order valence-corrected chi connectivity index (χ2v) is 6.14. The van der Waals surface area contributed by atoms with Crippen LogP contribution in [0.5, 0.6) is 0 Å². The summed E-state index contributed by atoms with van der Waals surface area (Å²) >= 11 is 5.79. The Bertz CT molecular complexity index is 546. The summed E-state index contributed by atoms with van der Waals surface area (Å²) in [6.07, 6.45) is 0. The van der Waals surface area contributed by atoms with E-state index < -0.39 is 22.5 Å². The summed E-state index contributed by atoms with van der Waals surface area (Å²) in [5.74, 6) is -1.55. The molecule has 1 rings (SSSR count). The highest BCUT2D eigenvalue weighted by Gasteiger charge is 2.24. The molecule has 0 aliphatic heterocycles. The molecule has 0 saturated heterocycles. The van der Waals surface area contributed by atoms with Gasteiger partial charge in [0.15, 0.2) is 0 Å². The van der Waals surface area contributed by atoms with E-state index in [-0.39, 0.29) is 18.0 Å². The predicted octanol–water partition coefficient (Wildman–Crippen LogP) is 1.21. The predicted molar refractivity (Wildman–Crippen MR) is 72.1 cm³/mol. The normalized spacial score (nSPS) is 11.3. The number of carboxylic acid groups (broad SMARTS) is 1. The van der Waals surface area contributed by atoms with E-state index in [1.807, 2.05) is 0 Å². The lowest BCUT2D eigenvalue weighted by atomic mass is 10.3. The number of methoxy groups -OCH3 is 1. The second-order valence-electron chi connectivity index (χ2n) is 3.69. The first-order valence-corrected chi connectivity index (χ1v) is 7.32. The summed E-state index contributed by atoms with van der Waals surface area (Å²) in [7, 11) is -2.41. The van der Waals surface area contributed by atoms with Gasteiger partial charge in [0, 0.05) is 12.1 Å². The molecule has 1 aromatic carbocycles. The first-order chi connectivity index (χ1) is 8.86. The van der Waals surface area contributed by atoms with Gasteiger partial charge in [0.1, 0.15) is 6.54 Å². The molecule has 0 fully saturated rings. The van der Waals surface area contributed by atoms with Gasteiger partial charge in [-0.3, -0.25) is 9.10 Å². The molecule has 0 spiro atoms. The van der Waals surface area contributed by atoms with Crippen LogP contribution in [0.15, 0.2) is 24.3 Å². The molecule has 0 aromatic heterocycles. The maximum Gasteiger partial charge on any atom is 0.324 e. The van der Waals surface area contributed by atoms with E-state index in [1.165, 1.54) is 19.2 Å². The van der Waals surface area contributed by atoms with E-state index in [1.54, 1.807) is 12.1 Å². The lowest BCUT2D eigenvalue weighted by Crippen LogP contribution is -2.38. The molecule has 0 atom stereocenters. The van der Waals surface area contributed by atoms with Gasteiger partial charge >= 0.3 is 5.97 Å². The van der Waals surface area contributed by atoms with Gasteiger partial charge in [-0.15, -0.1) is 0 Å². The van der Waals surface area contributed by atoms with Crippen LogP contribution in [0.1, 0.15) is 0 Å². The van der Waals surface area contributed by atoms with Gasteiger partial charge in [-0.1, -0.05) is 17.7 Å². The Kier molecular flexibility index (Phi) is 5.59. The quantitative estimate of drug-likeness (QED) is 0.818. The highest BCUT2D eigenvalue weighted by Crippen LogP contribution is 2.22. The number of halogens is 1. The fourth-order valence-electron chi connectivity index (χ4n) is 1.40. The van der Waals surface area contributed by atoms with Crippen LogP contribution >= 0.6 is 11.6 Å². The first-order valence-electron chi connectivity index (χ1n) is 5.33. The van der Waals surface area contributed by atoms with Crippen molar-refractivity contribution in [1.82, 2.24) is 0 Å². The number of sulfonamides is 1. The summed E-state index contributed by atoms with van der Waals surface area (Å²) in [5.41, 5.74) is 0.214. The monoisotopic (exact) mass is 307 g/mol. The molecule has 1 aromatic rings. The van der Waals surface area contributed by atoms with Crippen molar-refractivity contribution in [2.75, 3.05) is 30.3 Å². The van der Waals surface area contributed by atoms with Crippen LogP contribution in [0.4, 0.5) is 5.69 Å². The maximum atomic E-state index is 12.1. The van der Waals surface area contributed by atoms with Crippen molar-refractivity contribution in [2.24, 2.45) is 0 Å². The SMILES string of the molecule is COCCS(=O)(=O)N(CC(=O)O)c1cccc(Cl)c1. The van der Waals surface area contributed by atoms with Crippen LogP contribution in [0.2, 0.25) is 5.02 Å². The van der Waals surface area contributed by atoms with E-state index in [0.717, 1.165) is 4.31 Å². The lowest BCUT2D eigenvalue weighted by molar-refractivity contribution is -0.135. The molecular weight excluding hydrogens is 294 g/mol. The molecule has 6 nitrogen and oxygen atoms in total. The minimum absolute atomic E-state index is 0.0149. The van der Waals surface area contributed by atoms with E-state index in [2.05, 4.69) is 0 Å². The summed E-state index contributed by atoms with van der Waals surface area (Å²) in [6, 6.07) is 6.01. The lowest BCUT2D eigenvalue weighted by Gasteiger charge is -2.22. The molecule has 19 heavy (non-hydrogen) atoms. The highest BCUT2D eigenvalue weighted by atomic mass is 35.5. The van der Waals surface area contributed by atoms with Crippen LogP contribution < -0.4 is 4.31 Å². The largest absolute Gasteiger partial charge is 0.480 e. The van der Waals surface area contributed by atoms with Crippen molar-refractivity contribution in [3.05, 3.63) is 29.3 Å². The van der Waals surface area contributed by atoms with Gasteiger partial charge in [0.25, 0.3) is 0 Å². The number of rotatable bonds is 7. The molecule has 0 aliphatic carbocycles. The van der Waals surface area contributed by atoms with Crippen molar-refractivity contribution in [3.8, 4) is 0 Å². The summed E-state index contributed by atoms with van der Waals surface area (Å²) in [5, 5.41) is 9.16. The number of benzene rings is 1. The Balaban J connectivity index is 3.11. The highest BCUT2D eigenvalue weighted by molar-refractivity contribution is 7.92. The fraction of sp³-hybridized carbons (Fsp3) is 0.364. The van der Waals surface area contributed by atoms with Crippen LogP contribution in [0.25, 0.3) is 0 Å². The smallest absolute Gasteiger partial charge is 0.324 e. The number of anilines is 1. The average Bonchev–Trinajstić information content (AvgIpc) is 2.33. The van der Waals surface area contributed by atoms with Crippen molar-refractivity contribution in [3.63, 3.8) is 0 Å². The van der Waals surface area contributed by atoms with Crippen LogP contribution in [-0.4, -0.2) is 45.5 Å². The molecule has 0 radical (unpaired) electrons. The molecule has 0 heterocycles. The number of nitrogens with zero attached hydrogens (tertiary/aromatic N) is 1. The van der Waals surface area contributed by atoms with Crippen molar-refractivity contribution in [2.45, 2.75) is 0 Å². The third-order valence-electron chi connectivity index (χ3n) is 2.26. The third-order valence-corrected chi connectivity index (χ3v) is 4.19. The molecule has 0 amide bonds. The van der Waals surface area contributed by atoms with E-state index >= 15 is 0 Å². The third kappa shape index (κ3) is 4.70. The van der Waals surface area contributed by atoms with E-state index in [4.69, 9.17) is 21.4 Å². The second kappa shape index (κ2) is 6.74. The Hall–Kier alpha value is -1.31. The molecule has 0 bridgehead atoms. The number of aliphatic carboxylic acids is 1. The Morgan fingerprint density at radius 1 is 1.47 bits per heavy atom. The summed E-state index contributed by atoms with van der Waals surface area (Å²) in [4.78, 5) is 10.8. The Morgan fingerprint density at radius 2 is 2.16 bits per heavy atom. The fourth-order valence-corrected chi connectivity index (χ4v) is 2.93. The zero-order valence-electron chi connectivity index (χ0n) is 10.2. The van der Waals surface area contributed by atoms with Gasteiger partial charge in [0.2, 0.25) is 10.0 Å². The molecule has 0 saturated carbocycles.